The molecule has 2 unspecified atom stereocenters. The molecule has 92 valence electrons. The van der Waals surface area contributed by atoms with E-state index in [2.05, 4.69) is 19.2 Å². The molecular formula is C11H19NO2S2. The summed E-state index contributed by atoms with van der Waals surface area (Å²) < 4.78 is 0. The van der Waals surface area contributed by atoms with Crippen LogP contribution >= 0.6 is 23.5 Å². The molecule has 0 radical (unpaired) electrons. The number of rotatable bonds is 1. The van der Waals surface area contributed by atoms with Crippen LogP contribution in [0, 0.1) is 5.41 Å². The van der Waals surface area contributed by atoms with Crippen molar-refractivity contribution in [2.24, 2.45) is 5.41 Å². The summed E-state index contributed by atoms with van der Waals surface area (Å²) >= 11 is 3.86. The van der Waals surface area contributed by atoms with E-state index in [1.807, 2.05) is 23.5 Å². The van der Waals surface area contributed by atoms with Crippen LogP contribution in [0.3, 0.4) is 0 Å². The van der Waals surface area contributed by atoms with Crippen LogP contribution in [0.5, 0.6) is 0 Å². The van der Waals surface area contributed by atoms with Crippen molar-refractivity contribution in [2.75, 3.05) is 17.3 Å². The number of aliphatic carboxylic acids is 1. The zero-order chi connectivity index (χ0) is 11.8. The molecule has 2 heterocycles. The predicted molar refractivity (Wildman–Crippen MR) is 70.1 cm³/mol. The first-order valence-electron chi connectivity index (χ1n) is 5.65. The second-order valence-electron chi connectivity index (χ2n) is 5.50. The summed E-state index contributed by atoms with van der Waals surface area (Å²) in [5.74, 6) is 2.47. The SMILES string of the molecule is CC1(C)CSCC2(C1)NC(C(=O)O)CCS2. The van der Waals surface area contributed by atoms with Crippen molar-refractivity contribution in [3.8, 4) is 0 Å². The Balaban J connectivity index is 2.09. The van der Waals surface area contributed by atoms with Crippen molar-refractivity contribution >= 4 is 29.5 Å². The largest absolute Gasteiger partial charge is 0.480 e. The maximum absolute atomic E-state index is 11.1. The molecule has 2 atom stereocenters. The Labute approximate surface area is 105 Å². The van der Waals surface area contributed by atoms with Crippen molar-refractivity contribution in [2.45, 2.75) is 37.6 Å². The molecule has 1 spiro atoms. The molecule has 0 aliphatic carbocycles. The summed E-state index contributed by atoms with van der Waals surface area (Å²) in [6.45, 7) is 4.54. The average Bonchev–Trinajstić information content (AvgIpc) is 2.15. The van der Waals surface area contributed by atoms with Crippen LogP contribution in [0.2, 0.25) is 0 Å². The Morgan fingerprint density at radius 1 is 1.44 bits per heavy atom. The van der Waals surface area contributed by atoms with E-state index in [0.717, 1.165) is 24.3 Å². The molecule has 2 aliphatic heterocycles. The second-order valence-corrected chi connectivity index (χ2v) is 7.96. The number of carboxylic acids is 1. The highest BCUT2D eigenvalue weighted by Gasteiger charge is 2.45. The second kappa shape index (κ2) is 4.42. The first-order valence-corrected chi connectivity index (χ1v) is 7.79. The third kappa shape index (κ3) is 2.68. The van der Waals surface area contributed by atoms with Crippen LogP contribution in [0.1, 0.15) is 26.7 Å². The summed E-state index contributed by atoms with van der Waals surface area (Å²) in [7, 11) is 0. The van der Waals surface area contributed by atoms with E-state index >= 15 is 0 Å². The van der Waals surface area contributed by atoms with Gasteiger partial charge in [-0.15, -0.1) is 11.8 Å². The van der Waals surface area contributed by atoms with Gasteiger partial charge >= 0.3 is 5.97 Å². The van der Waals surface area contributed by atoms with E-state index < -0.39 is 5.97 Å². The number of nitrogens with one attached hydrogen (secondary N) is 1. The van der Waals surface area contributed by atoms with Crippen molar-refractivity contribution in [1.29, 1.82) is 0 Å². The van der Waals surface area contributed by atoms with Gasteiger partial charge < -0.3 is 5.11 Å². The van der Waals surface area contributed by atoms with E-state index in [1.165, 1.54) is 5.75 Å². The number of hydrogen-bond donors (Lipinski definition) is 2. The van der Waals surface area contributed by atoms with Crippen LogP contribution in [-0.2, 0) is 4.79 Å². The lowest BCUT2D eigenvalue weighted by Gasteiger charge is -2.48. The van der Waals surface area contributed by atoms with Crippen molar-refractivity contribution in [1.82, 2.24) is 5.32 Å². The normalized spacial score (nSPS) is 38.5. The van der Waals surface area contributed by atoms with E-state index in [1.54, 1.807) is 0 Å². The third-order valence-corrected chi connectivity index (χ3v) is 6.38. The van der Waals surface area contributed by atoms with Gasteiger partial charge in [-0.3, -0.25) is 10.1 Å². The molecule has 0 aromatic carbocycles. The van der Waals surface area contributed by atoms with Crippen LogP contribution in [0.4, 0.5) is 0 Å². The smallest absolute Gasteiger partial charge is 0.320 e. The first-order chi connectivity index (χ1) is 7.43. The number of thioether (sulfide) groups is 2. The summed E-state index contributed by atoms with van der Waals surface area (Å²) in [6, 6.07) is -0.351. The van der Waals surface area contributed by atoms with Gasteiger partial charge in [0.25, 0.3) is 0 Å². The van der Waals surface area contributed by atoms with Crippen LogP contribution in [0.15, 0.2) is 0 Å². The quantitative estimate of drug-likeness (QED) is 0.756. The molecule has 2 saturated heterocycles. The highest BCUT2D eigenvalue weighted by molar-refractivity contribution is 8.04. The highest BCUT2D eigenvalue weighted by Crippen LogP contribution is 2.46. The molecule has 0 amide bonds. The molecule has 0 bridgehead atoms. The minimum atomic E-state index is -0.701. The van der Waals surface area contributed by atoms with Gasteiger partial charge in [0.1, 0.15) is 6.04 Å². The van der Waals surface area contributed by atoms with Crippen LogP contribution < -0.4 is 5.32 Å². The summed E-state index contributed by atoms with van der Waals surface area (Å²) in [4.78, 5) is 11.1. The van der Waals surface area contributed by atoms with Gasteiger partial charge in [-0.25, -0.2) is 0 Å². The Morgan fingerprint density at radius 2 is 2.19 bits per heavy atom. The fraction of sp³-hybridized carbons (Fsp3) is 0.909. The lowest BCUT2D eigenvalue weighted by Crippen LogP contribution is -2.59. The molecule has 0 aromatic heterocycles. The lowest BCUT2D eigenvalue weighted by molar-refractivity contribution is -0.140. The molecule has 2 fully saturated rings. The van der Waals surface area contributed by atoms with E-state index in [0.29, 0.717) is 5.41 Å². The molecule has 0 saturated carbocycles. The zero-order valence-electron chi connectivity index (χ0n) is 9.78. The van der Waals surface area contributed by atoms with Gasteiger partial charge in [-0.2, -0.15) is 11.8 Å². The summed E-state index contributed by atoms with van der Waals surface area (Å²) in [5.41, 5.74) is 0.309. The topological polar surface area (TPSA) is 49.3 Å². The lowest BCUT2D eigenvalue weighted by atomic mass is 9.87. The summed E-state index contributed by atoms with van der Waals surface area (Å²) in [6.07, 6.45) is 1.81. The van der Waals surface area contributed by atoms with E-state index in [9.17, 15) is 4.79 Å². The molecule has 2 rings (SSSR count). The minimum Gasteiger partial charge on any atom is -0.480 e. The van der Waals surface area contributed by atoms with Crippen molar-refractivity contribution in [3.05, 3.63) is 0 Å². The standard InChI is InChI=1S/C11H19NO2S2/c1-10(2)5-11(7-15-6-10)12-8(9(13)14)3-4-16-11/h8,12H,3-7H2,1-2H3,(H,13,14). The van der Waals surface area contributed by atoms with Crippen LogP contribution in [-0.4, -0.2) is 39.2 Å². The average molecular weight is 261 g/mol. The van der Waals surface area contributed by atoms with Gasteiger partial charge in [0, 0.05) is 5.75 Å². The number of carboxylic acid groups (broad SMARTS) is 1. The van der Waals surface area contributed by atoms with Gasteiger partial charge in [0.05, 0.1) is 4.87 Å². The third-order valence-electron chi connectivity index (χ3n) is 3.11. The van der Waals surface area contributed by atoms with Gasteiger partial charge in [-0.05, 0) is 29.8 Å². The maximum atomic E-state index is 11.1. The predicted octanol–water partition coefficient (Wildman–Crippen LogP) is 2.03. The van der Waals surface area contributed by atoms with E-state index in [-0.39, 0.29) is 10.9 Å². The highest BCUT2D eigenvalue weighted by atomic mass is 32.2. The molecule has 3 nitrogen and oxygen atoms in total. The Morgan fingerprint density at radius 3 is 2.81 bits per heavy atom. The minimum absolute atomic E-state index is 0.00623. The van der Waals surface area contributed by atoms with E-state index in [4.69, 9.17) is 5.11 Å². The fourth-order valence-electron chi connectivity index (χ4n) is 2.54. The van der Waals surface area contributed by atoms with Crippen molar-refractivity contribution < 1.29 is 9.90 Å². The maximum Gasteiger partial charge on any atom is 0.320 e. The van der Waals surface area contributed by atoms with Gasteiger partial charge in [-0.1, -0.05) is 13.8 Å². The molecule has 5 heteroatoms. The summed E-state index contributed by atoms with van der Waals surface area (Å²) in [5, 5.41) is 12.5. The molecule has 2 aliphatic rings. The number of carbonyl (C=O) groups is 1. The molecular weight excluding hydrogens is 242 g/mol. The van der Waals surface area contributed by atoms with Gasteiger partial charge in [0.15, 0.2) is 0 Å². The fourth-order valence-corrected chi connectivity index (χ4v) is 5.86. The molecule has 0 aromatic rings. The molecule has 2 N–H and O–H groups in total. The monoisotopic (exact) mass is 261 g/mol. The zero-order valence-corrected chi connectivity index (χ0v) is 11.4. The first kappa shape index (κ1) is 12.6. The Hall–Kier alpha value is 0.130. The van der Waals surface area contributed by atoms with Gasteiger partial charge in [0.2, 0.25) is 0 Å². The molecule has 16 heavy (non-hydrogen) atoms. The Bertz CT molecular complexity index is 292. The Kier molecular flexibility index (Phi) is 3.48. The van der Waals surface area contributed by atoms with Crippen LogP contribution in [0.25, 0.3) is 0 Å². The number of hydrogen-bond acceptors (Lipinski definition) is 4. The van der Waals surface area contributed by atoms with Crippen molar-refractivity contribution in [3.63, 3.8) is 0 Å².